The van der Waals surface area contributed by atoms with Crippen molar-refractivity contribution in [3.63, 3.8) is 0 Å². The highest BCUT2D eigenvalue weighted by Crippen LogP contribution is 2.44. The lowest BCUT2D eigenvalue weighted by atomic mass is 9.96. The first-order valence-corrected chi connectivity index (χ1v) is 11.5. The molecule has 4 aliphatic heterocycles. The van der Waals surface area contributed by atoms with Gasteiger partial charge in [-0.2, -0.15) is 0 Å². The predicted molar refractivity (Wildman–Crippen MR) is 118 cm³/mol. The molecule has 0 saturated carbocycles. The normalized spacial score (nSPS) is 25.9. The molecule has 0 amide bonds. The van der Waals surface area contributed by atoms with Crippen LogP contribution in [0.1, 0.15) is 47.7 Å². The van der Waals surface area contributed by atoms with E-state index in [9.17, 15) is 0 Å². The summed E-state index contributed by atoms with van der Waals surface area (Å²) in [7, 11) is 2.21. The summed E-state index contributed by atoms with van der Waals surface area (Å²) < 4.78 is 5.48. The van der Waals surface area contributed by atoms with Gasteiger partial charge in [-0.25, -0.2) is 9.97 Å². The van der Waals surface area contributed by atoms with E-state index in [1.165, 1.54) is 60.3 Å². The van der Waals surface area contributed by atoms with E-state index in [0.29, 0.717) is 12.1 Å². The van der Waals surface area contributed by atoms with Gasteiger partial charge in [0, 0.05) is 69.2 Å². The van der Waals surface area contributed by atoms with E-state index in [-0.39, 0.29) is 0 Å². The van der Waals surface area contributed by atoms with Crippen molar-refractivity contribution in [2.75, 3.05) is 49.7 Å². The predicted octanol–water partition coefficient (Wildman–Crippen LogP) is 2.96. The van der Waals surface area contributed by atoms with Gasteiger partial charge in [0.25, 0.3) is 0 Å². The zero-order valence-electron chi connectivity index (χ0n) is 17.9. The number of hydrogen-bond acceptors (Lipinski definition) is 6. The van der Waals surface area contributed by atoms with Gasteiger partial charge in [0.05, 0.1) is 18.9 Å². The highest BCUT2D eigenvalue weighted by Gasteiger charge is 2.41. The lowest BCUT2D eigenvalue weighted by molar-refractivity contribution is 0.122. The molecule has 6 nitrogen and oxygen atoms in total. The van der Waals surface area contributed by atoms with Crippen LogP contribution in [0.3, 0.4) is 0 Å². The van der Waals surface area contributed by atoms with Crippen LogP contribution in [0, 0.1) is 0 Å². The van der Waals surface area contributed by atoms with E-state index >= 15 is 0 Å². The van der Waals surface area contributed by atoms with Gasteiger partial charge in [-0.3, -0.25) is 4.90 Å². The van der Waals surface area contributed by atoms with Crippen LogP contribution in [0.25, 0.3) is 0 Å². The molecular formula is C24H31N5O. The second-order valence-electron chi connectivity index (χ2n) is 9.28. The van der Waals surface area contributed by atoms with E-state index < -0.39 is 0 Å². The van der Waals surface area contributed by atoms with Crippen LogP contribution >= 0.6 is 0 Å². The van der Waals surface area contributed by atoms with Crippen molar-refractivity contribution in [2.45, 2.75) is 50.7 Å². The molecule has 0 N–H and O–H groups in total. The van der Waals surface area contributed by atoms with Crippen molar-refractivity contribution < 1.29 is 4.74 Å². The molecule has 0 spiro atoms. The summed E-state index contributed by atoms with van der Waals surface area (Å²) in [4.78, 5) is 17.2. The smallest absolute Gasteiger partial charge is 0.225 e. The lowest BCUT2D eigenvalue weighted by Gasteiger charge is -2.36. The molecule has 0 unspecified atom stereocenters. The van der Waals surface area contributed by atoms with Crippen molar-refractivity contribution in [1.29, 1.82) is 0 Å². The van der Waals surface area contributed by atoms with Crippen molar-refractivity contribution in [1.82, 2.24) is 14.9 Å². The molecule has 2 atom stereocenters. The number of anilines is 2. The van der Waals surface area contributed by atoms with E-state index in [4.69, 9.17) is 14.7 Å². The van der Waals surface area contributed by atoms with Crippen LogP contribution in [0.4, 0.5) is 11.6 Å². The minimum absolute atomic E-state index is 0.469. The van der Waals surface area contributed by atoms with Crippen molar-refractivity contribution in [3.05, 3.63) is 46.8 Å². The summed E-state index contributed by atoms with van der Waals surface area (Å²) >= 11 is 0. The number of fused-ring (bicyclic) bond motifs is 5. The Morgan fingerprint density at radius 1 is 1.13 bits per heavy atom. The fourth-order valence-corrected chi connectivity index (χ4v) is 5.87. The first kappa shape index (κ1) is 18.6. The van der Waals surface area contributed by atoms with Gasteiger partial charge in [-0.15, -0.1) is 0 Å². The van der Waals surface area contributed by atoms with Crippen LogP contribution in [0.2, 0.25) is 0 Å². The fourth-order valence-electron chi connectivity index (χ4n) is 5.87. The Kier molecular flexibility index (Phi) is 4.65. The summed E-state index contributed by atoms with van der Waals surface area (Å²) in [6, 6.07) is 8.21. The minimum Gasteiger partial charge on any atom is -0.378 e. The van der Waals surface area contributed by atoms with Crippen LogP contribution in [0.5, 0.6) is 0 Å². The summed E-state index contributed by atoms with van der Waals surface area (Å²) in [6.07, 6.45) is 8.14. The van der Waals surface area contributed by atoms with Gasteiger partial charge in [0.2, 0.25) is 5.95 Å². The molecule has 4 aliphatic rings. The standard InChI is InChI=1S/C24H31N5O/c1-27-8-2-3-18-13-17(4-6-22(18)27)16-29-19-5-7-23(29)20-15-25-24(26-21(20)14-19)28-9-11-30-12-10-28/h4,6,13,15,19,23H,2-3,5,7-12,14,16H2,1H3/t19-,23-/m1/s1. The fraction of sp³-hybridized carbons (Fsp3) is 0.583. The first-order valence-electron chi connectivity index (χ1n) is 11.5. The SMILES string of the molecule is CN1CCCc2cc(CN3[C@@H]4CC[C@@H]3c3cnc(N5CCOCC5)nc3C4)ccc21. The average Bonchev–Trinajstić information content (AvgIpc) is 3.05. The highest BCUT2D eigenvalue weighted by molar-refractivity contribution is 5.56. The third-order valence-corrected chi connectivity index (χ3v) is 7.47. The maximum absolute atomic E-state index is 5.48. The molecule has 30 heavy (non-hydrogen) atoms. The Morgan fingerprint density at radius 2 is 2.03 bits per heavy atom. The summed E-state index contributed by atoms with van der Waals surface area (Å²) in [5.41, 5.74) is 7.03. The Labute approximate surface area is 178 Å². The summed E-state index contributed by atoms with van der Waals surface area (Å²) in [5, 5.41) is 0. The molecule has 0 radical (unpaired) electrons. The molecule has 0 aliphatic carbocycles. The molecule has 2 saturated heterocycles. The van der Waals surface area contributed by atoms with Crippen LogP contribution in [-0.2, 0) is 24.1 Å². The van der Waals surface area contributed by atoms with Crippen LogP contribution in [-0.4, -0.2) is 60.8 Å². The summed E-state index contributed by atoms with van der Waals surface area (Å²) in [6.45, 7) is 5.55. The van der Waals surface area contributed by atoms with Crippen LogP contribution < -0.4 is 9.80 Å². The molecule has 2 fully saturated rings. The zero-order chi connectivity index (χ0) is 20.1. The van der Waals surface area contributed by atoms with E-state index in [1.807, 2.05) is 0 Å². The van der Waals surface area contributed by atoms with Gasteiger partial charge in [0.15, 0.2) is 0 Å². The molecular weight excluding hydrogens is 374 g/mol. The zero-order valence-corrected chi connectivity index (χ0v) is 17.9. The van der Waals surface area contributed by atoms with Crippen molar-refractivity contribution in [2.24, 2.45) is 0 Å². The number of benzene rings is 1. The quantitative estimate of drug-likeness (QED) is 0.782. The van der Waals surface area contributed by atoms with Crippen molar-refractivity contribution >= 4 is 11.6 Å². The number of nitrogens with zero attached hydrogens (tertiary/aromatic N) is 5. The topological polar surface area (TPSA) is 44.7 Å². The summed E-state index contributed by atoms with van der Waals surface area (Å²) in [5.74, 6) is 0.892. The monoisotopic (exact) mass is 405 g/mol. The Morgan fingerprint density at radius 3 is 2.93 bits per heavy atom. The van der Waals surface area contributed by atoms with E-state index in [0.717, 1.165) is 45.2 Å². The molecule has 1 aromatic heterocycles. The van der Waals surface area contributed by atoms with Crippen LogP contribution in [0.15, 0.2) is 24.4 Å². The molecule has 5 heterocycles. The molecule has 2 bridgehead atoms. The third-order valence-electron chi connectivity index (χ3n) is 7.47. The first-order chi connectivity index (χ1) is 14.8. The second kappa shape index (κ2) is 7.50. The molecule has 6 heteroatoms. The molecule has 158 valence electrons. The molecule has 1 aromatic carbocycles. The second-order valence-corrected chi connectivity index (χ2v) is 9.28. The average molecular weight is 406 g/mol. The number of rotatable bonds is 3. The Hall–Kier alpha value is -2.18. The van der Waals surface area contributed by atoms with E-state index in [2.05, 4.69) is 46.1 Å². The Balaban J connectivity index is 1.24. The lowest BCUT2D eigenvalue weighted by Crippen LogP contribution is -2.40. The van der Waals surface area contributed by atoms with Crippen molar-refractivity contribution in [3.8, 4) is 0 Å². The molecule has 6 rings (SSSR count). The van der Waals surface area contributed by atoms with Gasteiger partial charge in [-0.05, 0) is 42.9 Å². The Bertz CT molecular complexity index is 941. The maximum atomic E-state index is 5.48. The number of ether oxygens (including phenoxy) is 1. The minimum atomic E-state index is 0.469. The largest absolute Gasteiger partial charge is 0.378 e. The number of aromatic nitrogens is 2. The number of hydrogen-bond donors (Lipinski definition) is 0. The van der Waals surface area contributed by atoms with Gasteiger partial charge >= 0.3 is 0 Å². The number of morpholine rings is 1. The number of aryl methyl sites for hydroxylation is 1. The van der Waals surface area contributed by atoms with Gasteiger partial charge in [0.1, 0.15) is 0 Å². The van der Waals surface area contributed by atoms with E-state index in [1.54, 1.807) is 0 Å². The van der Waals surface area contributed by atoms with Gasteiger partial charge < -0.3 is 14.5 Å². The molecule has 2 aromatic rings. The third kappa shape index (κ3) is 3.17. The van der Waals surface area contributed by atoms with Gasteiger partial charge in [-0.1, -0.05) is 12.1 Å². The maximum Gasteiger partial charge on any atom is 0.225 e. The highest BCUT2D eigenvalue weighted by atomic mass is 16.5.